The second-order valence-corrected chi connectivity index (χ2v) is 5.14. The van der Waals surface area contributed by atoms with E-state index >= 15 is 0 Å². The smallest absolute Gasteiger partial charge is 0.118 e. The van der Waals surface area contributed by atoms with Gasteiger partial charge in [0, 0.05) is 6.04 Å². The molecule has 1 N–H and O–H groups in total. The molecule has 0 amide bonds. The molecule has 2 nitrogen and oxygen atoms in total. The Morgan fingerprint density at radius 3 is 2.59 bits per heavy atom. The topological polar surface area (TPSA) is 21.3 Å². The van der Waals surface area contributed by atoms with E-state index < -0.39 is 0 Å². The minimum absolute atomic E-state index is 0.623. The summed E-state index contributed by atoms with van der Waals surface area (Å²) in [5.74, 6) is 1.91. The van der Waals surface area contributed by atoms with Gasteiger partial charge < -0.3 is 10.1 Å². The van der Waals surface area contributed by atoms with Gasteiger partial charge in [-0.3, -0.25) is 0 Å². The van der Waals surface area contributed by atoms with E-state index in [1.165, 1.54) is 31.4 Å². The molecule has 1 aromatic carbocycles. The minimum atomic E-state index is 0.623. The number of hydrogen-bond donors (Lipinski definition) is 1. The second kappa shape index (κ2) is 6.06. The third-order valence-electron chi connectivity index (χ3n) is 3.48. The van der Waals surface area contributed by atoms with E-state index in [1.54, 1.807) is 7.11 Å². The van der Waals surface area contributed by atoms with Gasteiger partial charge in [-0.1, -0.05) is 12.1 Å². The van der Waals surface area contributed by atoms with Gasteiger partial charge in [0.1, 0.15) is 5.75 Å². The molecule has 0 saturated heterocycles. The van der Waals surface area contributed by atoms with Crippen LogP contribution in [0, 0.1) is 5.92 Å². The van der Waals surface area contributed by atoms with Crippen LogP contribution in [0.25, 0.3) is 0 Å². The van der Waals surface area contributed by atoms with Crippen molar-refractivity contribution in [1.82, 2.24) is 5.32 Å². The van der Waals surface area contributed by atoms with E-state index in [0.717, 1.165) is 18.1 Å². The van der Waals surface area contributed by atoms with Gasteiger partial charge in [0.05, 0.1) is 7.11 Å². The van der Waals surface area contributed by atoms with Crippen LogP contribution in [0.15, 0.2) is 24.3 Å². The summed E-state index contributed by atoms with van der Waals surface area (Å²) < 4.78 is 5.15. The van der Waals surface area contributed by atoms with Crippen molar-refractivity contribution in [3.8, 4) is 5.75 Å². The van der Waals surface area contributed by atoms with E-state index in [2.05, 4.69) is 24.4 Å². The van der Waals surface area contributed by atoms with Crippen LogP contribution in [-0.2, 0) is 6.42 Å². The maximum Gasteiger partial charge on any atom is 0.118 e. The van der Waals surface area contributed by atoms with Crippen LogP contribution >= 0.6 is 0 Å². The monoisotopic (exact) mass is 233 g/mol. The van der Waals surface area contributed by atoms with E-state index in [1.807, 2.05) is 12.1 Å². The van der Waals surface area contributed by atoms with Gasteiger partial charge >= 0.3 is 0 Å². The fraction of sp³-hybridized carbons (Fsp3) is 0.600. The maximum absolute atomic E-state index is 5.15. The van der Waals surface area contributed by atoms with Crippen LogP contribution in [0.4, 0.5) is 0 Å². The molecule has 1 atom stereocenters. The van der Waals surface area contributed by atoms with Crippen molar-refractivity contribution in [3.63, 3.8) is 0 Å². The number of benzene rings is 1. The molecular weight excluding hydrogens is 210 g/mol. The molecule has 1 fully saturated rings. The van der Waals surface area contributed by atoms with E-state index in [4.69, 9.17) is 4.74 Å². The summed E-state index contributed by atoms with van der Waals surface area (Å²) >= 11 is 0. The molecule has 17 heavy (non-hydrogen) atoms. The molecule has 1 aromatic rings. The Bertz CT molecular complexity index is 329. The molecular formula is C15H23NO. The maximum atomic E-state index is 5.15. The Morgan fingerprint density at radius 2 is 2.00 bits per heavy atom. The summed E-state index contributed by atoms with van der Waals surface area (Å²) in [7, 11) is 1.71. The standard InChI is InChI=1S/C15H23NO/c1-12(16-11-14-5-6-14)3-4-13-7-9-15(17-2)10-8-13/h7-10,12,14,16H,3-6,11H2,1-2H3. The molecule has 0 aromatic heterocycles. The van der Waals surface area contributed by atoms with E-state index in [9.17, 15) is 0 Å². The molecule has 1 unspecified atom stereocenters. The third-order valence-corrected chi connectivity index (χ3v) is 3.48. The Balaban J connectivity index is 1.68. The average Bonchev–Trinajstić information content (AvgIpc) is 3.18. The molecule has 0 bridgehead atoms. The summed E-state index contributed by atoms with van der Waals surface area (Å²) in [5, 5.41) is 3.61. The second-order valence-electron chi connectivity index (χ2n) is 5.14. The SMILES string of the molecule is COc1ccc(CCC(C)NCC2CC2)cc1. The van der Waals surface area contributed by atoms with Gasteiger partial charge in [0.2, 0.25) is 0 Å². The molecule has 0 heterocycles. The summed E-state index contributed by atoms with van der Waals surface area (Å²) in [4.78, 5) is 0. The summed E-state index contributed by atoms with van der Waals surface area (Å²) in [6.07, 6.45) is 5.21. The lowest BCUT2D eigenvalue weighted by Crippen LogP contribution is -2.28. The van der Waals surface area contributed by atoms with Crippen molar-refractivity contribution in [2.75, 3.05) is 13.7 Å². The molecule has 2 heteroatoms. The Kier molecular flexibility index (Phi) is 4.43. The first-order chi connectivity index (χ1) is 8.28. The van der Waals surface area contributed by atoms with Crippen molar-refractivity contribution in [1.29, 1.82) is 0 Å². The lowest BCUT2D eigenvalue weighted by Gasteiger charge is -2.13. The first-order valence-electron chi connectivity index (χ1n) is 6.64. The molecule has 2 rings (SSSR count). The number of ether oxygens (including phenoxy) is 1. The lowest BCUT2D eigenvalue weighted by atomic mass is 10.1. The Morgan fingerprint density at radius 1 is 1.29 bits per heavy atom. The van der Waals surface area contributed by atoms with Crippen LogP contribution in [0.2, 0.25) is 0 Å². The van der Waals surface area contributed by atoms with Gasteiger partial charge in [0.15, 0.2) is 0 Å². The zero-order valence-electron chi connectivity index (χ0n) is 10.9. The molecule has 1 saturated carbocycles. The van der Waals surface area contributed by atoms with Crippen LogP contribution in [0.1, 0.15) is 31.7 Å². The zero-order valence-corrected chi connectivity index (χ0v) is 10.9. The summed E-state index contributed by atoms with van der Waals surface area (Å²) in [5.41, 5.74) is 1.39. The van der Waals surface area contributed by atoms with Crippen molar-refractivity contribution in [3.05, 3.63) is 29.8 Å². The number of methoxy groups -OCH3 is 1. The molecule has 1 aliphatic rings. The average molecular weight is 233 g/mol. The molecule has 94 valence electrons. The quantitative estimate of drug-likeness (QED) is 0.781. The van der Waals surface area contributed by atoms with Crippen molar-refractivity contribution >= 4 is 0 Å². The highest BCUT2D eigenvalue weighted by Gasteiger charge is 2.21. The molecule has 0 radical (unpaired) electrons. The first-order valence-corrected chi connectivity index (χ1v) is 6.64. The fourth-order valence-electron chi connectivity index (χ4n) is 1.97. The largest absolute Gasteiger partial charge is 0.497 e. The number of hydrogen-bond acceptors (Lipinski definition) is 2. The van der Waals surface area contributed by atoms with E-state index in [0.29, 0.717) is 6.04 Å². The first kappa shape index (κ1) is 12.4. The number of aryl methyl sites for hydroxylation is 1. The lowest BCUT2D eigenvalue weighted by molar-refractivity contribution is 0.414. The fourth-order valence-corrected chi connectivity index (χ4v) is 1.97. The van der Waals surface area contributed by atoms with Crippen molar-refractivity contribution in [2.24, 2.45) is 5.92 Å². The van der Waals surface area contributed by atoms with Gasteiger partial charge in [-0.15, -0.1) is 0 Å². The normalized spacial score (nSPS) is 16.8. The van der Waals surface area contributed by atoms with Gasteiger partial charge in [-0.2, -0.15) is 0 Å². The zero-order chi connectivity index (χ0) is 12.1. The summed E-state index contributed by atoms with van der Waals surface area (Å²) in [6, 6.07) is 9.02. The predicted octanol–water partition coefficient (Wildman–Crippen LogP) is 3.02. The highest BCUT2D eigenvalue weighted by molar-refractivity contribution is 5.27. The van der Waals surface area contributed by atoms with Gasteiger partial charge in [-0.25, -0.2) is 0 Å². The molecule has 0 spiro atoms. The van der Waals surface area contributed by atoms with Crippen LogP contribution in [0.3, 0.4) is 0 Å². The highest BCUT2D eigenvalue weighted by atomic mass is 16.5. The minimum Gasteiger partial charge on any atom is -0.497 e. The predicted molar refractivity (Wildman–Crippen MR) is 71.5 cm³/mol. The van der Waals surface area contributed by atoms with Crippen LogP contribution in [0.5, 0.6) is 5.75 Å². The third kappa shape index (κ3) is 4.39. The van der Waals surface area contributed by atoms with Gasteiger partial charge in [0.25, 0.3) is 0 Å². The Labute approximate surface area is 104 Å². The van der Waals surface area contributed by atoms with E-state index in [-0.39, 0.29) is 0 Å². The van der Waals surface area contributed by atoms with Gasteiger partial charge in [-0.05, 0) is 62.8 Å². The number of rotatable bonds is 7. The van der Waals surface area contributed by atoms with Crippen molar-refractivity contribution in [2.45, 2.75) is 38.6 Å². The number of nitrogens with one attached hydrogen (secondary N) is 1. The van der Waals surface area contributed by atoms with Crippen LogP contribution in [-0.4, -0.2) is 19.7 Å². The highest BCUT2D eigenvalue weighted by Crippen LogP contribution is 2.27. The van der Waals surface area contributed by atoms with Crippen LogP contribution < -0.4 is 10.1 Å². The Hall–Kier alpha value is -1.02. The summed E-state index contributed by atoms with van der Waals surface area (Å²) in [6.45, 7) is 3.50. The molecule has 1 aliphatic carbocycles. The van der Waals surface area contributed by atoms with Crippen molar-refractivity contribution < 1.29 is 4.74 Å². The molecule has 0 aliphatic heterocycles.